The highest BCUT2D eigenvalue weighted by atomic mass is 35.5. The molecule has 0 N–H and O–H groups in total. The lowest BCUT2D eigenvalue weighted by Gasteiger charge is -2.40. The number of halogens is 1. The van der Waals surface area contributed by atoms with E-state index in [0.29, 0.717) is 5.02 Å². The molecule has 2 aliphatic rings. The molecule has 222 valence electrons. The highest BCUT2D eigenvalue weighted by molar-refractivity contribution is 7.26. The van der Waals surface area contributed by atoms with E-state index in [2.05, 4.69) is 163 Å². The van der Waals surface area contributed by atoms with Crippen molar-refractivity contribution in [3.8, 4) is 22.6 Å². The van der Waals surface area contributed by atoms with Gasteiger partial charge < -0.3 is 9.64 Å². The summed E-state index contributed by atoms with van der Waals surface area (Å²) in [7, 11) is 0. The van der Waals surface area contributed by atoms with Crippen molar-refractivity contribution in [2.75, 3.05) is 4.90 Å². The van der Waals surface area contributed by atoms with Gasteiger partial charge in [-0.2, -0.15) is 0 Å². The normalized spacial score (nSPS) is 13.6. The maximum absolute atomic E-state index is 6.91. The minimum Gasteiger partial charge on any atom is -0.457 e. The SMILES string of the molecule is Clc1cc(N(c2ccccc2)c2ccc3c(c2)C2(c4ccccc4O3)c3ccccc3-c3ccccc32)c2c(c1)sc1ccccc12. The monoisotopic (exact) mass is 639 g/mol. The molecule has 1 spiro atoms. The molecule has 0 radical (unpaired) electrons. The fourth-order valence-electron chi connectivity index (χ4n) is 7.96. The lowest BCUT2D eigenvalue weighted by molar-refractivity contribution is 0.436. The van der Waals surface area contributed by atoms with Gasteiger partial charge in [0.05, 0.1) is 11.1 Å². The molecule has 1 aromatic heterocycles. The number of anilines is 3. The van der Waals surface area contributed by atoms with Gasteiger partial charge in [0.1, 0.15) is 11.5 Å². The summed E-state index contributed by atoms with van der Waals surface area (Å²) in [4.78, 5) is 2.36. The second-order valence-electron chi connectivity index (χ2n) is 12.2. The van der Waals surface area contributed by atoms with Gasteiger partial charge >= 0.3 is 0 Å². The van der Waals surface area contributed by atoms with Gasteiger partial charge in [-0.05, 0) is 76.9 Å². The summed E-state index contributed by atoms with van der Waals surface area (Å²) in [5, 5.41) is 3.14. The summed E-state index contributed by atoms with van der Waals surface area (Å²) in [5.74, 6) is 1.75. The summed E-state index contributed by atoms with van der Waals surface area (Å²) in [6, 6.07) is 56.3. The van der Waals surface area contributed by atoms with E-state index in [4.69, 9.17) is 16.3 Å². The zero-order chi connectivity index (χ0) is 31.1. The number of hydrogen-bond donors (Lipinski definition) is 0. The van der Waals surface area contributed by atoms with E-state index in [-0.39, 0.29) is 0 Å². The molecule has 0 atom stereocenters. The Bertz CT molecular complexity index is 2490. The Labute approximate surface area is 281 Å². The van der Waals surface area contributed by atoms with Gasteiger partial charge in [0.2, 0.25) is 0 Å². The number of hydrogen-bond acceptors (Lipinski definition) is 3. The molecule has 2 nitrogen and oxygen atoms in total. The van der Waals surface area contributed by atoms with Crippen molar-refractivity contribution < 1.29 is 4.74 Å². The molecule has 0 fully saturated rings. The van der Waals surface area contributed by atoms with Gasteiger partial charge in [-0.25, -0.2) is 0 Å². The largest absolute Gasteiger partial charge is 0.457 e. The predicted molar refractivity (Wildman–Crippen MR) is 196 cm³/mol. The van der Waals surface area contributed by atoms with E-state index in [1.165, 1.54) is 42.4 Å². The van der Waals surface area contributed by atoms with Crippen molar-refractivity contribution in [1.29, 1.82) is 0 Å². The van der Waals surface area contributed by atoms with Gasteiger partial charge in [-0.1, -0.05) is 115 Å². The quantitative estimate of drug-likeness (QED) is 0.191. The van der Waals surface area contributed by atoms with Crippen LogP contribution in [0.4, 0.5) is 17.1 Å². The Morgan fingerprint density at radius 3 is 1.94 bits per heavy atom. The van der Waals surface area contributed by atoms with E-state index in [1.807, 2.05) is 0 Å². The number of thiophene rings is 1. The number of nitrogens with zero attached hydrogens (tertiary/aromatic N) is 1. The maximum atomic E-state index is 6.91. The van der Waals surface area contributed by atoms with Crippen molar-refractivity contribution >= 4 is 60.2 Å². The Morgan fingerprint density at radius 1 is 0.511 bits per heavy atom. The molecule has 8 aromatic rings. The summed E-state index contributed by atoms with van der Waals surface area (Å²) >= 11 is 8.69. The second-order valence-corrected chi connectivity index (χ2v) is 13.7. The van der Waals surface area contributed by atoms with Crippen LogP contribution in [0.25, 0.3) is 31.3 Å². The minimum absolute atomic E-state index is 0.547. The molecule has 1 aliphatic heterocycles. The molecule has 0 amide bonds. The molecule has 2 heterocycles. The summed E-state index contributed by atoms with van der Waals surface area (Å²) in [5.41, 5.74) is 9.95. The molecule has 0 saturated heterocycles. The van der Waals surface area contributed by atoms with Crippen molar-refractivity contribution in [2.45, 2.75) is 5.41 Å². The topological polar surface area (TPSA) is 12.5 Å². The fourth-order valence-corrected chi connectivity index (χ4v) is 9.41. The average Bonchev–Trinajstić information content (AvgIpc) is 3.63. The molecule has 1 aliphatic carbocycles. The number of para-hydroxylation sites is 2. The summed E-state index contributed by atoms with van der Waals surface area (Å²) in [6.45, 7) is 0. The van der Waals surface area contributed by atoms with Crippen molar-refractivity contribution in [3.05, 3.63) is 185 Å². The highest BCUT2D eigenvalue weighted by Gasteiger charge is 2.51. The summed E-state index contributed by atoms with van der Waals surface area (Å²) < 4.78 is 9.15. The van der Waals surface area contributed by atoms with Crippen LogP contribution in [0.3, 0.4) is 0 Å². The fraction of sp³-hybridized carbons (Fsp3) is 0.0233. The number of benzene rings is 7. The third-order valence-corrected chi connectivity index (χ3v) is 11.1. The molecule has 47 heavy (non-hydrogen) atoms. The first-order chi connectivity index (χ1) is 23.2. The van der Waals surface area contributed by atoms with Gasteiger partial charge in [0.15, 0.2) is 0 Å². The van der Waals surface area contributed by atoms with Crippen LogP contribution in [0, 0.1) is 0 Å². The molecule has 10 rings (SSSR count). The lowest BCUT2D eigenvalue weighted by Crippen LogP contribution is -2.32. The molecule has 7 aromatic carbocycles. The third kappa shape index (κ3) is 3.73. The highest BCUT2D eigenvalue weighted by Crippen LogP contribution is 2.62. The van der Waals surface area contributed by atoms with Gasteiger partial charge in [0, 0.05) is 47.7 Å². The van der Waals surface area contributed by atoms with Crippen LogP contribution in [0.15, 0.2) is 158 Å². The standard InChI is InChI=1S/C43H26ClNOS/c44-27-24-37(42-32-16-6-11-21-40(32)47-41(42)25-27)45(28-12-2-1-3-13-28)29-22-23-39-36(26-29)43(35-19-9-10-20-38(35)46-39)33-17-7-4-14-30(33)31-15-5-8-18-34(31)43/h1-26H. The number of ether oxygens (including phenoxy) is 1. The third-order valence-electron chi connectivity index (χ3n) is 9.77. The number of fused-ring (bicyclic) bond motifs is 12. The van der Waals surface area contributed by atoms with Crippen LogP contribution in [-0.4, -0.2) is 0 Å². The van der Waals surface area contributed by atoms with Crippen LogP contribution < -0.4 is 9.64 Å². The first-order valence-electron chi connectivity index (χ1n) is 15.8. The first-order valence-corrected chi connectivity index (χ1v) is 17.0. The van der Waals surface area contributed by atoms with Gasteiger partial charge in [0.25, 0.3) is 0 Å². The van der Waals surface area contributed by atoms with E-state index in [1.54, 1.807) is 11.3 Å². The summed E-state index contributed by atoms with van der Waals surface area (Å²) in [6.07, 6.45) is 0. The molecule has 0 bridgehead atoms. The Kier molecular flexibility index (Phi) is 5.75. The van der Waals surface area contributed by atoms with Crippen molar-refractivity contribution in [1.82, 2.24) is 0 Å². The van der Waals surface area contributed by atoms with Crippen LogP contribution >= 0.6 is 22.9 Å². The zero-order valence-electron chi connectivity index (χ0n) is 25.2. The van der Waals surface area contributed by atoms with E-state index in [9.17, 15) is 0 Å². The lowest BCUT2D eigenvalue weighted by atomic mass is 9.66. The predicted octanol–water partition coefficient (Wildman–Crippen LogP) is 12.6. The molecular weight excluding hydrogens is 614 g/mol. The Hall–Kier alpha value is -5.35. The Morgan fingerprint density at radius 2 is 1.15 bits per heavy atom. The molecule has 0 unspecified atom stereocenters. The minimum atomic E-state index is -0.547. The smallest absolute Gasteiger partial charge is 0.132 e. The maximum Gasteiger partial charge on any atom is 0.132 e. The van der Waals surface area contributed by atoms with Crippen molar-refractivity contribution in [3.63, 3.8) is 0 Å². The Balaban J connectivity index is 1.30. The zero-order valence-corrected chi connectivity index (χ0v) is 26.7. The van der Waals surface area contributed by atoms with Crippen LogP contribution in [0.5, 0.6) is 11.5 Å². The molecule has 0 saturated carbocycles. The average molecular weight is 640 g/mol. The van der Waals surface area contributed by atoms with E-state index < -0.39 is 5.41 Å². The van der Waals surface area contributed by atoms with Crippen LogP contribution in [0.2, 0.25) is 5.02 Å². The first kappa shape index (κ1) is 26.8. The van der Waals surface area contributed by atoms with Gasteiger partial charge in [-0.15, -0.1) is 11.3 Å². The van der Waals surface area contributed by atoms with Gasteiger partial charge in [-0.3, -0.25) is 0 Å². The number of rotatable bonds is 3. The van der Waals surface area contributed by atoms with Crippen LogP contribution in [-0.2, 0) is 5.41 Å². The van der Waals surface area contributed by atoms with E-state index in [0.717, 1.165) is 39.7 Å². The van der Waals surface area contributed by atoms with E-state index >= 15 is 0 Å². The second kappa shape index (κ2) is 10.1. The van der Waals surface area contributed by atoms with Crippen LogP contribution in [0.1, 0.15) is 22.3 Å². The molecular formula is C43H26ClNOS. The molecule has 4 heteroatoms. The van der Waals surface area contributed by atoms with Crippen molar-refractivity contribution in [2.24, 2.45) is 0 Å².